The van der Waals surface area contributed by atoms with E-state index in [0.717, 1.165) is 18.4 Å². The molecule has 1 amide bonds. The lowest BCUT2D eigenvalue weighted by atomic mass is 9.89. The van der Waals surface area contributed by atoms with Crippen molar-refractivity contribution in [1.29, 1.82) is 0 Å². The minimum Gasteiger partial charge on any atom is -0.443 e. The molecule has 1 saturated carbocycles. The number of nitrogens with zero attached hydrogens (tertiary/aromatic N) is 1. The Bertz CT molecular complexity index is 582. The molecule has 6 heteroatoms. The van der Waals surface area contributed by atoms with Crippen LogP contribution >= 0.6 is 0 Å². The van der Waals surface area contributed by atoms with E-state index in [1.165, 1.54) is 19.3 Å². The average molecular weight is 392 g/mol. The number of nitrogens with two attached hydrogens (primary N) is 1. The first-order chi connectivity index (χ1) is 13.2. The minimum absolute atomic E-state index is 0.281. The number of nitrogens with one attached hydrogen (secondary N) is 1. The number of ether oxygens (including phenoxy) is 1. The van der Waals surface area contributed by atoms with Crippen LogP contribution in [0.1, 0.15) is 58.4 Å². The third-order valence-electron chi connectivity index (χ3n) is 5.07. The molecule has 28 heavy (non-hydrogen) atoms. The van der Waals surface area contributed by atoms with Crippen LogP contribution in [0, 0.1) is 5.92 Å². The molecule has 0 heterocycles. The number of hydrogen-bond donors (Lipinski definition) is 3. The molecule has 0 aromatic heterocycles. The van der Waals surface area contributed by atoms with E-state index < -0.39 is 23.8 Å². The number of rotatable bonds is 8. The largest absolute Gasteiger partial charge is 0.443 e. The Hall–Kier alpha value is -1.63. The molecular weight excluding hydrogens is 354 g/mol. The summed E-state index contributed by atoms with van der Waals surface area (Å²) in [6.45, 7) is 6.49. The highest BCUT2D eigenvalue weighted by Crippen LogP contribution is 2.24. The van der Waals surface area contributed by atoms with Gasteiger partial charge in [-0.25, -0.2) is 9.80 Å². The quantitative estimate of drug-likeness (QED) is 0.592. The molecular formula is C22H37N3O3. The smallest absolute Gasteiger partial charge is 0.422 e. The fourth-order valence-corrected chi connectivity index (χ4v) is 3.66. The lowest BCUT2D eigenvalue weighted by Crippen LogP contribution is -2.53. The second-order valence-electron chi connectivity index (χ2n) is 8.94. The Kier molecular flexibility index (Phi) is 8.73. The van der Waals surface area contributed by atoms with E-state index in [9.17, 15) is 9.90 Å². The minimum atomic E-state index is -0.751. The number of hydrazine groups is 1. The molecule has 158 valence electrons. The van der Waals surface area contributed by atoms with E-state index in [-0.39, 0.29) is 6.54 Å². The Morgan fingerprint density at radius 3 is 2.50 bits per heavy atom. The lowest BCUT2D eigenvalue weighted by Gasteiger charge is -2.33. The third kappa shape index (κ3) is 8.59. The van der Waals surface area contributed by atoms with Crippen LogP contribution in [0.3, 0.4) is 0 Å². The summed E-state index contributed by atoms with van der Waals surface area (Å²) in [5.74, 6) is 0.515. The summed E-state index contributed by atoms with van der Waals surface area (Å²) in [7, 11) is 0. The van der Waals surface area contributed by atoms with E-state index in [1.807, 2.05) is 51.1 Å². The van der Waals surface area contributed by atoms with Gasteiger partial charge in [0.1, 0.15) is 5.60 Å². The van der Waals surface area contributed by atoms with Gasteiger partial charge in [0.15, 0.2) is 0 Å². The highest BCUT2D eigenvalue weighted by atomic mass is 16.6. The standard InChI is InChI=1S/C22H37N3O3/c1-22(2,3)28-21(27)24-25(15-18-12-8-5-9-13-18)16-20(26)19(23)14-17-10-6-4-7-11-17/h4,6-7,10-11,18-20,26H,5,8-9,12-16,23H2,1-3H3,(H,24,27)/t19-,20-/m0/s1. The molecule has 2 rings (SSSR count). The van der Waals surface area contributed by atoms with Crippen LogP contribution in [0.25, 0.3) is 0 Å². The van der Waals surface area contributed by atoms with Gasteiger partial charge in [-0.2, -0.15) is 0 Å². The monoisotopic (exact) mass is 391 g/mol. The summed E-state index contributed by atoms with van der Waals surface area (Å²) in [5.41, 5.74) is 9.59. The number of aliphatic hydroxyl groups is 1. The van der Waals surface area contributed by atoms with Crippen LogP contribution in [-0.4, -0.2) is 47.0 Å². The van der Waals surface area contributed by atoms with Gasteiger partial charge in [0.25, 0.3) is 0 Å². The molecule has 0 saturated heterocycles. The van der Waals surface area contributed by atoms with Crippen molar-refractivity contribution < 1.29 is 14.6 Å². The van der Waals surface area contributed by atoms with Gasteiger partial charge >= 0.3 is 6.09 Å². The number of amides is 1. The van der Waals surface area contributed by atoms with E-state index in [4.69, 9.17) is 10.5 Å². The Morgan fingerprint density at radius 1 is 1.25 bits per heavy atom. The van der Waals surface area contributed by atoms with Crippen LogP contribution < -0.4 is 11.2 Å². The second-order valence-corrected chi connectivity index (χ2v) is 8.94. The van der Waals surface area contributed by atoms with Gasteiger partial charge < -0.3 is 15.6 Å². The van der Waals surface area contributed by atoms with Crippen LogP contribution in [0.4, 0.5) is 4.79 Å². The van der Waals surface area contributed by atoms with Gasteiger partial charge in [-0.05, 0) is 51.5 Å². The number of hydrogen-bond acceptors (Lipinski definition) is 5. The second kappa shape index (κ2) is 10.8. The SMILES string of the molecule is CC(C)(C)OC(=O)NN(CC1CCCCC1)C[C@H](O)[C@@H](N)Cc1ccccc1. The topological polar surface area (TPSA) is 87.8 Å². The van der Waals surface area contributed by atoms with Crippen LogP contribution in [0.2, 0.25) is 0 Å². The van der Waals surface area contributed by atoms with Gasteiger partial charge in [0.2, 0.25) is 0 Å². The van der Waals surface area contributed by atoms with E-state index in [2.05, 4.69) is 5.43 Å². The maximum Gasteiger partial charge on any atom is 0.422 e. The highest BCUT2D eigenvalue weighted by molar-refractivity contribution is 5.67. The molecule has 0 aliphatic heterocycles. The summed E-state index contributed by atoms with van der Waals surface area (Å²) in [4.78, 5) is 12.3. The molecule has 4 N–H and O–H groups in total. The molecule has 0 bridgehead atoms. The number of aliphatic hydroxyl groups excluding tert-OH is 1. The van der Waals surface area contributed by atoms with Crippen molar-refractivity contribution in [2.24, 2.45) is 11.7 Å². The maximum atomic E-state index is 12.3. The Labute approximate surface area is 169 Å². The Morgan fingerprint density at radius 2 is 1.89 bits per heavy atom. The summed E-state index contributed by atoms with van der Waals surface area (Å²) in [6, 6.07) is 9.50. The lowest BCUT2D eigenvalue weighted by molar-refractivity contribution is 0.0133. The molecule has 1 aliphatic rings. The first-order valence-electron chi connectivity index (χ1n) is 10.4. The van der Waals surface area contributed by atoms with Gasteiger partial charge in [-0.1, -0.05) is 49.6 Å². The summed E-state index contributed by atoms with van der Waals surface area (Å²) >= 11 is 0. The molecule has 6 nitrogen and oxygen atoms in total. The zero-order valence-electron chi connectivity index (χ0n) is 17.6. The Balaban J connectivity index is 1.95. The van der Waals surface area contributed by atoms with Crippen LogP contribution in [0.15, 0.2) is 30.3 Å². The van der Waals surface area contributed by atoms with E-state index >= 15 is 0 Å². The zero-order chi connectivity index (χ0) is 20.6. The molecule has 1 aromatic rings. The fourth-order valence-electron chi connectivity index (χ4n) is 3.66. The van der Waals surface area contributed by atoms with Crippen molar-refractivity contribution in [1.82, 2.24) is 10.4 Å². The molecule has 1 aromatic carbocycles. The normalized spacial score (nSPS) is 17.9. The van der Waals surface area contributed by atoms with Crippen molar-refractivity contribution >= 4 is 6.09 Å². The number of carbonyl (C=O) groups is 1. The van der Waals surface area contributed by atoms with Crippen molar-refractivity contribution in [2.45, 2.75) is 77.0 Å². The molecule has 2 atom stereocenters. The van der Waals surface area contributed by atoms with Gasteiger partial charge in [0.05, 0.1) is 6.10 Å². The summed E-state index contributed by atoms with van der Waals surface area (Å²) in [5, 5.41) is 12.5. The number of carbonyl (C=O) groups excluding carboxylic acids is 1. The predicted molar refractivity (Wildman–Crippen MR) is 112 cm³/mol. The predicted octanol–water partition coefficient (Wildman–Crippen LogP) is 3.24. The van der Waals surface area contributed by atoms with Crippen LogP contribution in [0.5, 0.6) is 0 Å². The van der Waals surface area contributed by atoms with Gasteiger partial charge in [0, 0.05) is 19.1 Å². The molecule has 0 radical (unpaired) electrons. The summed E-state index contributed by atoms with van der Waals surface area (Å²) in [6.07, 6.45) is 5.37. The molecule has 0 spiro atoms. The maximum absolute atomic E-state index is 12.3. The fraction of sp³-hybridized carbons (Fsp3) is 0.682. The molecule has 1 aliphatic carbocycles. The van der Waals surface area contributed by atoms with Crippen molar-refractivity contribution in [3.63, 3.8) is 0 Å². The number of benzene rings is 1. The first kappa shape index (κ1) is 22.7. The average Bonchev–Trinajstić information content (AvgIpc) is 2.61. The van der Waals surface area contributed by atoms with E-state index in [1.54, 1.807) is 5.01 Å². The van der Waals surface area contributed by atoms with Crippen molar-refractivity contribution in [3.05, 3.63) is 35.9 Å². The van der Waals surface area contributed by atoms with E-state index in [0.29, 0.717) is 18.9 Å². The summed E-state index contributed by atoms with van der Waals surface area (Å²) < 4.78 is 5.39. The van der Waals surface area contributed by atoms with Crippen LogP contribution in [-0.2, 0) is 11.2 Å². The van der Waals surface area contributed by atoms with Crippen molar-refractivity contribution in [3.8, 4) is 0 Å². The zero-order valence-corrected chi connectivity index (χ0v) is 17.6. The highest BCUT2D eigenvalue weighted by Gasteiger charge is 2.25. The third-order valence-corrected chi connectivity index (χ3v) is 5.07. The van der Waals surface area contributed by atoms with Crippen molar-refractivity contribution in [2.75, 3.05) is 13.1 Å². The van der Waals surface area contributed by atoms with Gasteiger partial charge in [-0.3, -0.25) is 5.43 Å². The first-order valence-corrected chi connectivity index (χ1v) is 10.4. The molecule has 0 unspecified atom stereocenters. The van der Waals surface area contributed by atoms with Gasteiger partial charge in [-0.15, -0.1) is 0 Å². The molecule has 1 fully saturated rings.